The Bertz CT molecular complexity index is 348. The second-order valence-electron chi connectivity index (χ2n) is 5.45. The molecule has 0 amide bonds. The van der Waals surface area contributed by atoms with E-state index in [0.29, 0.717) is 5.92 Å². The fraction of sp³-hybridized carbons (Fsp3) is 0.733. The van der Waals surface area contributed by atoms with Crippen molar-refractivity contribution in [3.8, 4) is 0 Å². The maximum Gasteiger partial charge on any atom is 0.0912 e. The van der Waals surface area contributed by atoms with Crippen LogP contribution in [0.25, 0.3) is 0 Å². The molecule has 1 heterocycles. The predicted octanol–water partition coefficient (Wildman–Crippen LogP) is 4.76. The number of aryl methyl sites for hydroxylation is 2. The maximum absolute atomic E-state index is 10.6. The number of thiophene rings is 1. The minimum atomic E-state index is -0.216. The van der Waals surface area contributed by atoms with E-state index in [1.54, 1.807) is 11.3 Å². The van der Waals surface area contributed by atoms with Gasteiger partial charge in [-0.15, -0.1) is 11.3 Å². The molecule has 0 aromatic carbocycles. The summed E-state index contributed by atoms with van der Waals surface area (Å²) in [7, 11) is 0. The molecule has 1 unspecified atom stereocenters. The molecule has 1 atom stereocenters. The van der Waals surface area contributed by atoms with Crippen LogP contribution in [0.15, 0.2) is 6.07 Å². The van der Waals surface area contributed by atoms with Gasteiger partial charge in [-0.2, -0.15) is 0 Å². The van der Waals surface area contributed by atoms with Crippen LogP contribution in [0.2, 0.25) is 0 Å². The molecule has 1 aromatic rings. The maximum atomic E-state index is 10.6. The van der Waals surface area contributed by atoms with Gasteiger partial charge in [-0.05, 0) is 44.2 Å². The number of hydrogen-bond donors (Lipinski definition) is 1. The Hall–Kier alpha value is -0.340. The van der Waals surface area contributed by atoms with E-state index >= 15 is 0 Å². The van der Waals surface area contributed by atoms with Crippen molar-refractivity contribution < 1.29 is 5.11 Å². The van der Waals surface area contributed by atoms with Crippen LogP contribution < -0.4 is 0 Å². The second kappa shape index (κ2) is 6.01. The molecule has 1 nitrogen and oxygen atoms in total. The third-order valence-electron chi connectivity index (χ3n) is 3.94. The minimum Gasteiger partial charge on any atom is -0.387 e. The van der Waals surface area contributed by atoms with Crippen molar-refractivity contribution in [2.75, 3.05) is 0 Å². The Kier molecular flexibility index (Phi) is 4.63. The molecule has 1 aliphatic rings. The van der Waals surface area contributed by atoms with Gasteiger partial charge >= 0.3 is 0 Å². The average molecular weight is 252 g/mol. The Morgan fingerprint density at radius 3 is 2.24 bits per heavy atom. The highest BCUT2D eigenvalue weighted by Gasteiger charge is 2.24. The summed E-state index contributed by atoms with van der Waals surface area (Å²) in [6.45, 7) is 4.26. The first kappa shape index (κ1) is 13.1. The molecule has 17 heavy (non-hydrogen) atoms. The van der Waals surface area contributed by atoms with Crippen molar-refractivity contribution in [3.63, 3.8) is 0 Å². The van der Waals surface area contributed by atoms with Crippen LogP contribution in [-0.4, -0.2) is 5.11 Å². The molecule has 0 bridgehead atoms. The van der Waals surface area contributed by atoms with E-state index in [0.717, 1.165) is 0 Å². The van der Waals surface area contributed by atoms with Crippen LogP contribution in [0.5, 0.6) is 0 Å². The molecular weight excluding hydrogens is 228 g/mol. The summed E-state index contributed by atoms with van der Waals surface area (Å²) in [6, 6.07) is 2.20. The topological polar surface area (TPSA) is 20.2 Å². The van der Waals surface area contributed by atoms with Crippen LogP contribution in [0.4, 0.5) is 0 Å². The zero-order valence-corrected chi connectivity index (χ0v) is 11.9. The Morgan fingerprint density at radius 1 is 1.12 bits per heavy atom. The molecular formula is C15H24OS. The van der Waals surface area contributed by atoms with Crippen molar-refractivity contribution >= 4 is 11.3 Å². The highest BCUT2D eigenvalue weighted by atomic mass is 32.1. The third kappa shape index (κ3) is 3.32. The fourth-order valence-corrected chi connectivity index (χ4v) is 4.09. The minimum absolute atomic E-state index is 0.216. The van der Waals surface area contributed by atoms with Crippen molar-refractivity contribution in [3.05, 3.63) is 21.4 Å². The number of rotatable bonds is 2. The lowest BCUT2D eigenvalue weighted by Crippen LogP contribution is -2.14. The normalized spacial score (nSPS) is 20.9. The number of aliphatic hydroxyl groups excluding tert-OH is 1. The first-order valence-corrected chi connectivity index (χ1v) is 7.75. The molecule has 0 saturated heterocycles. The molecule has 1 N–H and O–H groups in total. The van der Waals surface area contributed by atoms with E-state index in [1.165, 1.54) is 60.3 Å². The molecule has 1 aliphatic carbocycles. The van der Waals surface area contributed by atoms with Crippen molar-refractivity contribution in [1.82, 2.24) is 0 Å². The van der Waals surface area contributed by atoms with E-state index in [9.17, 15) is 5.11 Å². The standard InChI is InChI=1S/C15H24OS/c1-11-10-12(2)17-15(11)14(16)13-8-6-4-3-5-7-9-13/h10,13-14,16H,3-9H2,1-2H3. The summed E-state index contributed by atoms with van der Waals surface area (Å²) >= 11 is 1.78. The summed E-state index contributed by atoms with van der Waals surface area (Å²) < 4.78 is 0. The molecule has 96 valence electrons. The fourth-order valence-electron chi connectivity index (χ4n) is 2.97. The van der Waals surface area contributed by atoms with Gasteiger partial charge in [0, 0.05) is 9.75 Å². The lowest BCUT2D eigenvalue weighted by molar-refractivity contribution is 0.0939. The van der Waals surface area contributed by atoms with Gasteiger partial charge in [0.15, 0.2) is 0 Å². The summed E-state index contributed by atoms with van der Waals surface area (Å²) in [4.78, 5) is 2.54. The summed E-state index contributed by atoms with van der Waals surface area (Å²) in [5.74, 6) is 0.493. The van der Waals surface area contributed by atoms with Gasteiger partial charge in [0.1, 0.15) is 0 Å². The molecule has 1 aromatic heterocycles. The highest BCUT2D eigenvalue weighted by molar-refractivity contribution is 7.12. The van der Waals surface area contributed by atoms with E-state index in [1.807, 2.05) is 0 Å². The SMILES string of the molecule is Cc1cc(C)c(C(O)C2CCCCCCC2)s1. The molecule has 0 aliphatic heterocycles. The Balaban J connectivity index is 2.06. The zero-order valence-electron chi connectivity index (χ0n) is 11.0. The van der Waals surface area contributed by atoms with Crippen LogP contribution in [0.3, 0.4) is 0 Å². The van der Waals surface area contributed by atoms with Gasteiger partial charge < -0.3 is 5.11 Å². The van der Waals surface area contributed by atoms with Gasteiger partial charge in [0.2, 0.25) is 0 Å². The van der Waals surface area contributed by atoms with Crippen LogP contribution >= 0.6 is 11.3 Å². The first-order chi connectivity index (χ1) is 8.18. The first-order valence-electron chi connectivity index (χ1n) is 6.93. The van der Waals surface area contributed by atoms with Crippen molar-refractivity contribution in [2.24, 2.45) is 5.92 Å². The van der Waals surface area contributed by atoms with E-state index < -0.39 is 0 Å². The largest absolute Gasteiger partial charge is 0.387 e. The molecule has 2 rings (SSSR count). The summed E-state index contributed by atoms with van der Waals surface area (Å²) in [5.41, 5.74) is 1.28. The summed E-state index contributed by atoms with van der Waals surface area (Å²) in [6.07, 6.45) is 8.88. The van der Waals surface area contributed by atoms with E-state index in [4.69, 9.17) is 0 Å². The number of aliphatic hydroxyl groups is 1. The highest BCUT2D eigenvalue weighted by Crippen LogP contribution is 2.37. The lowest BCUT2D eigenvalue weighted by atomic mass is 9.86. The monoisotopic (exact) mass is 252 g/mol. The molecule has 0 spiro atoms. The molecule has 1 saturated carbocycles. The summed E-state index contributed by atoms with van der Waals surface area (Å²) in [5, 5.41) is 10.6. The Labute approximate surface area is 109 Å². The average Bonchev–Trinajstić information content (AvgIpc) is 2.56. The quantitative estimate of drug-likeness (QED) is 0.804. The molecule has 0 radical (unpaired) electrons. The zero-order chi connectivity index (χ0) is 12.3. The predicted molar refractivity (Wildman–Crippen MR) is 74.6 cm³/mol. The van der Waals surface area contributed by atoms with Crippen molar-refractivity contribution in [2.45, 2.75) is 64.9 Å². The Morgan fingerprint density at radius 2 is 1.71 bits per heavy atom. The van der Waals surface area contributed by atoms with Gasteiger partial charge in [-0.3, -0.25) is 0 Å². The lowest BCUT2D eigenvalue weighted by Gasteiger charge is -2.24. The van der Waals surface area contributed by atoms with Crippen molar-refractivity contribution in [1.29, 1.82) is 0 Å². The van der Waals surface area contributed by atoms with Gasteiger partial charge in [0.25, 0.3) is 0 Å². The van der Waals surface area contributed by atoms with Crippen LogP contribution in [-0.2, 0) is 0 Å². The third-order valence-corrected chi connectivity index (χ3v) is 5.17. The van der Waals surface area contributed by atoms with Gasteiger partial charge in [-0.25, -0.2) is 0 Å². The smallest absolute Gasteiger partial charge is 0.0912 e. The van der Waals surface area contributed by atoms with E-state index in [-0.39, 0.29) is 6.10 Å². The molecule has 2 heteroatoms. The second-order valence-corrected chi connectivity index (χ2v) is 6.74. The van der Waals surface area contributed by atoms with E-state index in [2.05, 4.69) is 19.9 Å². The number of hydrogen-bond acceptors (Lipinski definition) is 2. The van der Waals surface area contributed by atoms with Gasteiger partial charge in [-0.1, -0.05) is 32.1 Å². The molecule has 1 fully saturated rings. The van der Waals surface area contributed by atoms with Crippen LogP contribution in [0.1, 0.15) is 66.4 Å². The van der Waals surface area contributed by atoms with Gasteiger partial charge in [0.05, 0.1) is 6.10 Å². The van der Waals surface area contributed by atoms with Crippen LogP contribution in [0, 0.1) is 19.8 Å².